The van der Waals surface area contributed by atoms with Gasteiger partial charge in [-0.3, -0.25) is 0 Å². The molecule has 1 aromatic heterocycles. The van der Waals surface area contributed by atoms with Crippen LogP contribution in [0.2, 0.25) is 0 Å². The summed E-state index contributed by atoms with van der Waals surface area (Å²) in [5.41, 5.74) is 2.55. The first-order chi connectivity index (χ1) is 9.42. The number of nitrogens with zero attached hydrogens (tertiary/aromatic N) is 1. The number of hydrogen-bond acceptors (Lipinski definition) is 4. The molecule has 2 N–H and O–H groups in total. The fourth-order valence-corrected chi connectivity index (χ4v) is 2.78. The molecule has 0 amide bonds. The maximum absolute atomic E-state index is 5.83. The summed E-state index contributed by atoms with van der Waals surface area (Å²) in [4.78, 5) is 4.70. The maximum atomic E-state index is 5.83. The second-order valence-electron chi connectivity index (χ2n) is 5.43. The predicted molar refractivity (Wildman–Crippen MR) is 76.6 cm³/mol. The third kappa shape index (κ3) is 3.45. The van der Waals surface area contributed by atoms with Crippen molar-refractivity contribution in [1.29, 1.82) is 0 Å². The molecule has 0 bridgehead atoms. The molecular weight excluding hydrogens is 238 g/mol. The SMILES string of the molecule is c1cc2c(nc1CCCO[C@@H]1CCNC1)NCCC2. The van der Waals surface area contributed by atoms with Gasteiger partial charge >= 0.3 is 0 Å². The lowest BCUT2D eigenvalue weighted by Crippen LogP contribution is -2.17. The summed E-state index contributed by atoms with van der Waals surface area (Å²) in [5.74, 6) is 1.10. The van der Waals surface area contributed by atoms with Crippen LogP contribution in [0.1, 0.15) is 30.5 Å². The summed E-state index contributed by atoms with van der Waals surface area (Å²) in [5, 5.41) is 6.71. The molecule has 1 saturated heterocycles. The monoisotopic (exact) mass is 261 g/mol. The zero-order valence-electron chi connectivity index (χ0n) is 11.5. The predicted octanol–water partition coefficient (Wildman–Crippen LogP) is 1.75. The largest absolute Gasteiger partial charge is 0.377 e. The Balaban J connectivity index is 1.44. The van der Waals surface area contributed by atoms with E-state index in [-0.39, 0.29) is 0 Å². The molecule has 104 valence electrons. The van der Waals surface area contributed by atoms with Crippen LogP contribution in [-0.2, 0) is 17.6 Å². The summed E-state index contributed by atoms with van der Waals surface area (Å²) >= 11 is 0. The van der Waals surface area contributed by atoms with Gasteiger partial charge in [-0.05, 0) is 50.3 Å². The van der Waals surface area contributed by atoms with Gasteiger partial charge < -0.3 is 15.4 Å². The van der Waals surface area contributed by atoms with Crippen LogP contribution in [0.3, 0.4) is 0 Å². The van der Waals surface area contributed by atoms with E-state index in [1.165, 1.54) is 17.7 Å². The molecule has 2 aliphatic rings. The normalized spacial score (nSPS) is 22.0. The van der Waals surface area contributed by atoms with E-state index in [1.807, 2.05) is 0 Å². The zero-order chi connectivity index (χ0) is 12.9. The van der Waals surface area contributed by atoms with Crippen molar-refractivity contribution in [2.45, 2.75) is 38.2 Å². The van der Waals surface area contributed by atoms with Gasteiger partial charge in [-0.25, -0.2) is 4.98 Å². The van der Waals surface area contributed by atoms with Crippen LogP contribution in [-0.4, -0.2) is 37.3 Å². The molecule has 0 aromatic carbocycles. The summed E-state index contributed by atoms with van der Waals surface area (Å²) in [6.45, 7) is 4.02. The molecule has 2 aliphatic heterocycles. The van der Waals surface area contributed by atoms with Crippen molar-refractivity contribution in [2.24, 2.45) is 0 Å². The first-order valence-corrected chi connectivity index (χ1v) is 7.47. The van der Waals surface area contributed by atoms with Crippen molar-refractivity contribution in [2.75, 3.05) is 31.6 Å². The van der Waals surface area contributed by atoms with Crippen molar-refractivity contribution < 1.29 is 4.74 Å². The van der Waals surface area contributed by atoms with E-state index in [9.17, 15) is 0 Å². The average Bonchev–Trinajstić information content (AvgIpc) is 2.97. The molecule has 0 saturated carbocycles. The Morgan fingerprint density at radius 3 is 3.21 bits per heavy atom. The lowest BCUT2D eigenvalue weighted by atomic mass is 10.1. The van der Waals surface area contributed by atoms with Crippen LogP contribution in [0, 0.1) is 0 Å². The molecule has 19 heavy (non-hydrogen) atoms. The quantitative estimate of drug-likeness (QED) is 0.793. The van der Waals surface area contributed by atoms with Crippen molar-refractivity contribution in [1.82, 2.24) is 10.3 Å². The molecule has 3 rings (SSSR count). The zero-order valence-corrected chi connectivity index (χ0v) is 11.5. The number of hydrogen-bond donors (Lipinski definition) is 2. The van der Waals surface area contributed by atoms with E-state index < -0.39 is 0 Å². The van der Waals surface area contributed by atoms with E-state index >= 15 is 0 Å². The Hall–Kier alpha value is -1.13. The smallest absolute Gasteiger partial charge is 0.129 e. The molecule has 0 unspecified atom stereocenters. The summed E-state index contributed by atoms with van der Waals surface area (Å²) < 4.78 is 5.83. The Bertz CT molecular complexity index is 416. The lowest BCUT2D eigenvalue weighted by molar-refractivity contribution is 0.0654. The minimum atomic E-state index is 0.429. The third-order valence-electron chi connectivity index (χ3n) is 3.90. The van der Waals surface area contributed by atoms with Crippen molar-refractivity contribution in [3.8, 4) is 0 Å². The average molecular weight is 261 g/mol. The van der Waals surface area contributed by atoms with E-state index in [2.05, 4.69) is 22.8 Å². The van der Waals surface area contributed by atoms with Crippen molar-refractivity contribution in [3.63, 3.8) is 0 Å². The number of fused-ring (bicyclic) bond motifs is 1. The maximum Gasteiger partial charge on any atom is 0.129 e. The van der Waals surface area contributed by atoms with Crippen LogP contribution < -0.4 is 10.6 Å². The van der Waals surface area contributed by atoms with E-state index in [0.717, 1.165) is 57.7 Å². The van der Waals surface area contributed by atoms with Crippen LogP contribution in [0.4, 0.5) is 5.82 Å². The van der Waals surface area contributed by atoms with Gasteiger partial charge in [0.05, 0.1) is 6.10 Å². The number of ether oxygens (including phenoxy) is 1. The minimum absolute atomic E-state index is 0.429. The summed E-state index contributed by atoms with van der Waals surface area (Å²) in [6, 6.07) is 4.40. The van der Waals surface area contributed by atoms with Gasteiger partial charge in [0, 0.05) is 25.4 Å². The number of nitrogens with one attached hydrogen (secondary N) is 2. The summed E-state index contributed by atoms with van der Waals surface area (Å²) in [7, 11) is 0. The molecule has 4 heteroatoms. The first kappa shape index (κ1) is 12.9. The molecule has 1 aromatic rings. The van der Waals surface area contributed by atoms with Gasteiger partial charge in [0.1, 0.15) is 5.82 Å². The van der Waals surface area contributed by atoms with Crippen LogP contribution in [0.5, 0.6) is 0 Å². The Labute approximate surface area is 115 Å². The molecule has 3 heterocycles. The number of pyridine rings is 1. The number of rotatable bonds is 5. The molecule has 0 spiro atoms. The molecule has 4 nitrogen and oxygen atoms in total. The number of aromatic nitrogens is 1. The van der Waals surface area contributed by atoms with Gasteiger partial charge in [-0.1, -0.05) is 6.07 Å². The lowest BCUT2D eigenvalue weighted by Gasteiger charge is -2.17. The van der Waals surface area contributed by atoms with Gasteiger partial charge in [0.15, 0.2) is 0 Å². The standard InChI is InChI=1S/C15H23N3O/c1-3-12-5-6-13(18-15(12)17-8-1)4-2-10-19-14-7-9-16-11-14/h5-6,14,16H,1-4,7-11H2,(H,17,18)/t14-/m1/s1. The van der Waals surface area contributed by atoms with E-state index in [0.29, 0.717) is 6.10 Å². The molecule has 1 fully saturated rings. The van der Waals surface area contributed by atoms with Crippen LogP contribution in [0.25, 0.3) is 0 Å². The van der Waals surface area contributed by atoms with Gasteiger partial charge in [-0.2, -0.15) is 0 Å². The van der Waals surface area contributed by atoms with E-state index in [1.54, 1.807) is 0 Å². The fourth-order valence-electron chi connectivity index (χ4n) is 2.78. The Morgan fingerprint density at radius 2 is 2.32 bits per heavy atom. The highest BCUT2D eigenvalue weighted by molar-refractivity contribution is 5.46. The Kier molecular flexibility index (Phi) is 4.30. The van der Waals surface area contributed by atoms with E-state index in [4.69, 9.17) is 9.72 Å². The minimum Gasteiger partial charge on any atom is -0.377 e. The summed E-state index contributed by atoms with van der Waals surface area (Å²) in [6.07, 6.45) is 6.03. The third-order valence-corrected chi connectivity index (χ3v) is 3.90. The van der Waals surface area contributed by atoms with Gasteiger partial charge in [-0.15, -0.1) is 0 Å². The van der Waals surface area contributed by atoms with Crippen molar-refractivity contribution >= 4 is 5.82 Å². The second-order valence-corrected chi connectivity index (χ2v) is 5.43. The topological polar surface area (TPSA) is 46.2 Å². The molecular formula is C15H23N3O. The highest BCUT2D eigenvalue weighted by atomic mass is 16.5. The van der Waals surface area contributed by atoms with Crippen LogP contribution in [0.15, 0.2) is 12.1 Å². The number of anilines is 1. The van der Waals surface area contributed by atoms with Gasteiger partial charge in [0.2, 0.25) is 0 Å². The second kappa shape index (κ2) is 6.35. The molecule has 0 aliphatic carbocycles. The van der Waals surface area contributed by atoms with Crippen molar-refractivity contribution in [3.05, 3.63) is 23.4 Å². The fraction of sp³-hybridized carbons (Fsp3) is 0.667. The van der Waals surface area contributed by atoms with Crippen LogP contribution >= 0.6 is 0 Å². The number of aryl methyl sites for hydroxylation is 2. The first-order valence-electron chi connectivity index (χ1n) is 7.47. The highest BCUT2D eigenvalue weighted by Gasteiger charge is 2.14. The molecule has 0 radical (unpaired) electrons. The Morgan fingerprint density at radius 1 is 1.32 bits per heavy atom. The molecule has 1 atom stereocenters. The highest BCUT2D eigenvalue weighted by Crippen LogP contribution is 2.20. The van der Waals surface area contributed by atoms with Gasteiger partial charge in [0.25, 0.3) is 0 Å².